The summed E-state index contributed by atoms with van der Waals surface area (Å²) in [6, 6.07) is 13.4. The molecule has 1 atom stereocenters. The summed E-state index contributed by atoms with van der Waals surface area (Å²) in [6.45, 7) is 3.76. The highest BCUT2D eigenvalue weighted by Crippen LogP contribution is 2.34. The average Bonchev–Trinajstić information content (AvgIpc) is 2.91. The van der Waals surface area contributed by atoms with Crippen LogP contribution in [0, 0.1) is 20.2 Å². The van der Waals surface area contributed by atoms with E-state index in [1.54, 1.807) is 18.2 Å². The van der Waals surface area contributed by atoms with Crippen molar-refractivity contribution < 1.29 is 14.6 Å². The van der Waals surface area contributed by atoms with E-state index in [9.17, 15) is 25.0 Å². The van der Waals surface area contributed by atoms with Crippen LogP contribution in [-0.2, 0) is 6.61 Å². The maximum absolute atomic E-state index is 13.4. The van der Waals surface area contributed by atoms with Crippen LogP contribution in [-0.4, -0.2) is 25.7 Å². The summed E-state index contributed by atoms with van der Waals surface area (Å²) < 4.78 is 7.68. The molecule has 0 fully saturated rings. The molecule has 0 radical (unpaired) electrons. The van der Waals surface area contributed by atoms with E-state index in [2.05, 4.69) is 26.0 Å². The van der Waals surface area contributed by atoms with Crippen molar-refractivity contribution in [2.45, 2.75) is 32.8 Å². The third-order valence-electron chi connectivity index (χ3n) is 5.99. The molecule has 0 spiro atoms. The van der Waals surface area contributed by atoms with E-state index >= 15 is 0 Å². The molecule has 3 aromatic carbocycles. The third kappa shape index (κ3) is 6.13. The first-order chi connectivity index (χ1) is 18.6. The maximum atomic E-state index is 13.4. The van der Waals surface area contributed by atoms with Crippen LogP contribution in [0.3, 0.4) is 0 Å². The molecule has 0 saturated carbocycles. The number of fused-ring (bicyclic) bond motifs is 1. The molecule has 0 saturated heterocycles. The fourth-order valence-corrected chi connectivity index (χ4v) is 4.34. The largest absolute Gasteiger partial charge is 0.481 e. The highest BCUT2D eigenvalue weighted by molar-refractivity contribution is 9.10. The van der Waals surface area contributed by atoms with Crippen LogP contribution in [0.1, 0.15) is 43.1 Å². The Bertz CT molecular complexity index is 1670. The zero-order valence-electron chi connectivity index (χ0n) is 20.7. The van der Waals surface area contributed by atoms with Crippen LogP contribution in [0.5, 0.6) is 5.75 Å². The van der Waals surface area contributed by atoms with E-state index in [0.717, 1.165) is 6.07 Å². The molecule has 11 nitrogen and oxygen atoms in total. The second-order valence-corrected chi connectivity index (χ2v) is 9.97. The van der Waals surface area contributed by atoms with Crippen molar-refractivity contribution in [3.05, 3.63) is 112 Å². The molecule has 0 aliphatic heterocycles. The lowest BCUT2D eigenvalue weighted by Gasteiger charge is -2.14. The first kappa shape index (κ1) is 27.9. The molecule has 0 unspecified atom stereocenters. The number of non-ortho nitro benzene ring substituents is 1. The molecule has 1 aromatic heterocycles. The van der Waals surface area contributed by atoms with E-state index < -0.39 is 21.1 Å². The molecule has 13 heteroatoms. The molecule has 0 amide bonds. The minimum atomic E-state index is -0.639. The third-order valence-corrected chi connectivity index (χ3v) is 6.70. The van der Waals surface area contributed by atoms with Gasteiger partial charge in [0, 0.05) is 39.2 Å². The molecule has 1 heterocycles. The quantitative estimate of drug-likeness (QED) is 0.117. The molecule has 200 valence electrons. The minimum absolute atomic E-state index is 0.0703. The number of halogens is 2. The number of aromatic nitrogens is 2. The zero-order chi connectivity index (χ0) is 28.3. The lowest BCUT2D eigenvalue weighted by atomic mass is 10.1. The highest BCUT2D eigenvalue weighted by atomic mass is 79.9. The Hall–Kier alpha value is -4.16. The summed E-state index contributed by atoms with van der Waals surface area (Å²) in [6.07, 6.45) is 1.96. The van der Waals surface area contributed by atoms with Crippen LogP contribution in [0.25, 0.3) is 10.9 Å². The van der Waals surface area contributed by atoms with Crippen LogP contribution in [0.4, 0.5) is 11.4 Å². The number of nitro benzene ring substituents is 2. The predicted molar refractivity (Wildman–Crippen MR) is 151 cm³/mol. The smallest absolute Gasteiger partial charge is 0.313 e. The first-order valence-corrected chi connectivity index (χ1v) is 12.9. The van der Waals surface area contributed by atoms with Crippen LogP contribution >= 0.6 is 27.5 Å². The lowest BCUT2D eigenvalue weighted by Crippen LogP contribution is -2.23. The zero-order valence-corrected chi connectivity index (χ0v) is 23.0. The number of nitro groups is 2. The fourth-order valence-electron chi connectivity index (χ4n) is 3.76. The second-order valence-electron chi connectivity index (χ2n) is 8.61. The topological polar surface area (TPSA) is 143 Å². The van der Waals surface area contributed by atoms with Crippen molar-refractivity contribution in [1.82, 2.24) is 9.66 Å². The Morgan fingerprint density at radius 1 is 1.13 bits per heavy atom. The molecule has 0 aliphatic rings. The van der Waals surface area contributed by atoms with Gasteiger partial charge in [0.1, 0.15) is 12.4 Å². The van der Waals surface area contributed by atoms with Crippen molar-refractivity contribution >= 4 is 56.0 Å². The van der Waals surface area contributed by atoms with Gasteiger partial charge in [-0.25, -0.2) is 4.98 Å². The second kappa shape index (κ2) is 11.7. The number of hydrogen-bond donors (Lipinski definition) is 0. The Labute approximate surface area is 235 Å². The number of nitrogens with zero attached hydrogens (tertiary/aromatic N) is 5. The normalized spacial score (nSPS) is 12.1. The van der Waals surface area contributed by atoms with E-state index in [4.69, 9.17) is 16.3 Å². The van der Waals surface area contributed by atoms with E-state index in [0.29, 0.717) is 33.2 Å². The molecular weight excluding hydrogens is 594 g/mol. The first-order valence-electron chi connectivity index (χ1n) is 11.7. The molecular formula is C26H21BrClN5O6. The minimum Gasteiger partial charge on any atom is -0.481 e. The van der Waals surface area contributed by atoms with Gasteiger partial charge in [-0.3, -0.25) is 25.0 Å². The fraction of sp³-hybridized carbons (Fsp3) is 0.192. The lowest BCUT2D eigenvalue weighted by molar-refractivity contribution is -0.386. The summed E-state index contributed by atoms with van der Waals surface area (Å²) in [5, 5.41) is 27.5. The van der Waals surface area contributed by atoms with Gasteiger partial charge in [-0.2, -0.15) is 9.78 Å². The Balaban J connectivity index is 1.80. The Kier molecular flexibility index (Phi) is 8.36. The van der Waals surface area contributed by atoms with Crippen LogP contribution in [0.15, 0.2) is 69.0 Å². The van der Waals surface area contributed by atoms with Crippen LogP contribution in [0.2, 0.25) is 5.02 Å². The molecule has 0 aliphatic carbocycles. The van der Waals surface area contributed by atoms with Crippen molar-refractivity contribution in [3.8, 4) is 5.75 Å². The average molecular weight is 615 g/mol. The molecule has 4 aromatic rings. The summed E-state index contributed by atoms with van der Waals surface area (Å²) in [5.41, 5.74) is 0.330. The number of hydrogen-bond acceptors (Lipinski definition) is 8. The van der Waals surface area contributed by atoms with Crippen molar-refractivity contribution in [1.29, 1.82) is 0 Å². The van der Waals surface area contributed by atoms with Gasteiger partial charge in [0.05, 0.1) is 27.0 Å². The van der Waals surface area contributed by atoms with E-state index in [1.165, 1.54) is 41.2 Å². The van der Waals surface area contributed by atoms with E-state index in [-0.39, 0.29) is 34.5 Å². The van der Waals surface area contributed by atoms with Gasteiger partial charge in [-0.1, -0.05) is 41.4 Å². The Morgan fingerprint density at radius 3 is 2.49 bits per heavy atom. The number of benzene rings is 3. The van der Waals surface area contributed by atoms with Gasteiger partial charge in [0.2, 0.25) is 5.75 Å². The van der Waals surface area contributed by atoms with Gasteiger partial charge >= 0.3 is 5.69 Å². The monoisotopic (exact) mass is 613 g/mol. The summed E-state index contributed by atoms with van der Waals surface area (Å²) in [4.78, 5) is 39.7. The number of ether oxygens (including phenoxy) is 1. The van der Waals surface area contributed by atoms with Gasteiger partial charge < -0.3 is 4.74 Å². The number of rotatable bonds is 9. The predicted octanol–water partition coefficient (Wildman–Crippen LogP) is 6.60. The molecule has 39 heavy (non-hydrogen) atoms. The maximum Gasteiger partial charge on any atom is 0.313 e. The Morgan fingerprint density at radius 2 is 1.85 bits per heavy atom. The highest BCUT2D eigenvalue weighted by Gasteiger charge is 2.22. The van der Waals surface area contributed by atoms with Gasteiger partial charge in [-0.05, 0) is 48.4 Å². The molecule has 0 N–H and O–H groups in total. The standard InChI is InChI=1S/C26H21BrClN5O6/c1-3-15(2)25-30-22-9-6-18(27)11-21(22)26(34)31(25)29-13-17-10-19(28)12-23(33(37)38)24(17)39-14-16-4-7-20(8-5-16)32(35)36/h4-13,15H,3,14H2,1-2H3/t15-/m0/s1. The van der Waals surface area contributed by atoms with E-state index in [1.807, 2.05) is 13.8 Å². The van der Waals surface area contributed by atoms with Gasteiger partial charge in [-0.15, -0.1) is 0 Å². The molecule has 4 rings (SSSR count). The van der Waals surface area contributed by atoms with Gasteiger partial charge in [0.25, 0.3) is 11.2 Å². The van der Waals surface area contributed by atoms with Crippen molar-refractivity contribution in [2.75, 3.05) is 0 Å². The SMILES string of the molecule is CC[C@H](C)c1nc2ccc(Br)cc2c(=O)n1N=Cc1cc(Cl)cc([N+](=O)[O-])c1OCc1ccc([N+](=O)[O-])cc1. The summed E-state index contributed by atoms with van der Waals surface area (Å²) in [7, 11) is 0. The van der Waals surface area contributed by atoms with Crippen molar-refractivity contribution in [2.24, 2.45) is 5.10 Å². The van der Waals surface area contributed by atoms with Gasteiger partial charge in [0.15, 0.2) is 0 Å². The summed E-state index contributed by atoms with van der Waals surface area (Å²) >= 11 is 9.54. The summed E-state index contributed by atoms with van der Waals surface area (Å²) in [5.74, 6) is 0.189. The van der Waals surface area contributed by atoms with Crippen molar-refractivity contribution in [3.63, 3.8) is 0 Å². The van der Waals surface area contributed by atoms with Crippen LogP contribution < -0.4 is 10.3 Å². The molecule has 0 bridgehead atoms.